The van der Waals surface area contributed by atoms with Gasteiger partial charge in [-0.25, -0.2) is 9.18 Å². The minimum absolute atomic E-state index is 0.0484. The number of nitrogens with zero attached hydrogens (tertiary/aromatic N) is 3. The lowest BCUT2D eigenvalue weighted by molar-refractivity contribution is -0.385. The van der Waals surface area contributed by atoms with E-state index in [0.29, 0.717) is 5.52 Å². The average molecular weight is 404 g/mol. The summed E-state index contributed by atoms with van der Waals surface area (Å²) in [6.45, 7) is 0.0779. The maximum absolute atomic E-state index is 13.7. The summed E-state index contributed by atoms with van der Waals surface area (Å²) >= 11 is 0. The number of non-ortho nitro benzene ring substituents is 2. The van der Waals surface area contributed by atoms with Crippen LogP contribution in [0.3, 0.4) is 0 Å². The number of anilines is 1. The lowest BCUT2D eigenvalue weighted by Gasteiger charge is -2.07. The Morgan fingerprint density at radius 1 is 1.10 bits per heavy atom. The van der Waals surface area contributed by atoms with Crippen molar-refractivity contribution in [2.24, 2.45) is 0 Å². The molecule has 0 radical (unpaired) electrons. The monoisotopic (exact) mass is 404 g/mol. The summed E-state index contributed by atoms with van der Waals surface area (Å²) in [5.41, 5.74) is -0.524. The second-order valence-corrected chi connectivity index (χ2v) is 6.00. The van der Waals surface area contributed by atoms with E-state index in [1.807, 2.05) is 0 Å². The average Bonchev–Trinajstić information content (AvgIpc) is 2.98. The van der Waals surface area contributed by atoms with Gasteiger partial charge in [0.15, 0.2) is 5.58 Å². The summed E-state index contributed by atoms with van der Waals surface area (Å²) < 4.78 is 19.9. The van der Waals surface area contributed by atoms with Crippen molar-refractivity contribution in [3.8, 4) is 0 Å². The number of fused-ring (bicyclic) bond motifs is 1. The number of rotatable bonds is 7. The van der Waals surface area contributed by atoms with E-state index in [-0.39, 0.29) is 42.0 Å². The van der Waals surface area contributed by atoms with Crippen molar-refractivity contribution in [3.63, 3.8) is 0 Å². The quantitative estimate of drug-likeness (QED) is 0.469. The molecule has 3 aromatic rings. The third-order valence-electron chi connectivity index (χ3n) is 4.08. The minimum atomic E-state index is -0.817. The highest BCUT2D eigenvalue weighted by molar-refractivity contribution is 5.91. The van der Waals surface area contributed by atoms with E-state index >= 15 is 0 Å². The molecule has 1 amide bonds. The highest BCUT2D eigenvalue weighted by Crippen LogP contribution is 2.22. The topological polar surface area (TPSA) is 151 Å². The van der Waals surface area contributed by atoms with Crippen molar-refractivity contribution in [1.29, 1.82) is 0 Å². The van der Waals surface area contributed by atoms with Gasteiger partial charge in [0, 0.05) is 31.2 Å². The molecule has 0 spiro atoms. The number of amides is 1. The Morgan fingerprint density at radius 2 is 1.76 bits per heavy atom. The molecule has 3 rings (SSSR count). The van der Waals surface area contributed by atoms with E-state index in [0.717, 1.165) is 24.3 Å². The van der Waals surface area contributed by atoms with Gasteiger partial charge in [0.05, 0.1) is 27.1 Å². The minimum Gasteiger partial charge on any atom is -0.407 e. The number of nitrogens with one attached hydrogen (secondary N) is 1. The maximum Gasteiger partial charge on any atom is 0.419 e. The molecule has 1 aromatic heterocycles. The number of aromatic nitrogens is 1. The lowest BCUT2D eigenvalue weighted by Crippen LogP contribution is -2.17. The molecule has 0 aliphatic heterocycles. The third kappa shape index (κ3) is 4.26. The van der Waals surface area contributed by atoms with Crippen LogP contribution < -0.4 is 11.1 Å². The number of hydrogen-bond acceptors (Lipinski definition) is 7. The third-order valence-corrected chi connectivity index (χ3v) is 4.08. The Balaban J connectivity index is 1.66. The maximum atomic E-state index is 13.7. The molecule has 0 unspecified atom stereocenters. The molecule has 0 bridgehead atoms. The Hall–Kier alpha value is -4.09. The number of carbonyl (C=O) groups is 1. The first-order chi connectivity index (χ1) is 13.8. The first kappa shape index (κ1) is 19.7. The van der Waals surface area contributed by atoms with E-state index in [2.05, 4.69) is 5.32 Å². The van der Waals surface area contributed by atoms with Gasteiger partial charge in [-0.2, -0.15) is 0 Å². The Labute approximate surface area is 160 Å². The van der Waals surface area contributed by atoms with Crippen LogP contribution in [0.5, 0.6) is 0 Å². The molecular weight excluding hydrogens is 391 g/mol. The molecule has 150 valence electrons. The van der Waals surface area contributed by atoms with Crippen molar-refractivity contribution >= 4 is 34.1 Å². The fourth-order valence-electron chi connectivity index (χ4n) is 2.71. The SMILES string of the molecule is O=C(CCCn1c(=O)oc2cc([N+](=O)[O-])ccc21)Nc1cc([N+](=O)[O-])ccc1F. The predicted molar refractivity (Wildman–Crippen MR) is 98.0 cm³/mol. The Bertz CT molecular complexity index is 1180. The fraction of sp³-hybridized carbons (Fsp3) is 0.176. The van der Waals surface area contributed by atoms with Crippen LogP contribution in [0.15, 0.2) is 45.6 Å². The molecule has 0 saturated carbocycles. The number of carbonyl (C=O) groups excluding carboxylic acids is 1. The fourth-order valence-corrected chi connectivity index (χ4v) is 2.71. The van der Waals surface area contributed by atoms with Crippen molar-refractivity contribution in [2.45, 2.75) is 19.4 Å². The molecular formula is C17H13FN4O7. The van der Waals surface area contributed by atoms with Crippen LogP contribution in [-0.4, -0.2) is 20.3 Å². The highest BCUT2D eigenvalue weighted by atomic mass is 19.1. The number of aryl methyl sites for hydroxylation is 1. The van der Waals surface area contributed by atoms with E-state index in [1.165, 1.54) is 16.7 Å². The zero-order valence-corrected chi connectivity index (χ0v) is 14.7. The molecule has 29 heavy (non-hydrogen) atoms. The molecule has 2 aromatic carbocycles. The van der Waals surface area contributed by atoms with E-state index < -0.39 is 27.3 Å². The predicted octanol–water partition coefficient (Wildman–Crippen LogP) is 2.97. The molecule has 0 saturated heterocycles. The van der Waals surface area contributed by atoms with E-state index in [9.17, 15) is 34.2 Å². The van der Waals surface area contributed by atoms with Gasteiger partial charge in [-0.05, 0) is 18.6 Å². The number of oxazole rings is 1. The molecule has 1 heterocycles. The second-order valence-electron chi connectivity index (χ2n) is 6.00. The van der Waals surface area contributed by atoms with Crippen molar-refractivity contribution in [1.82, 2.24) is 4.57 Å². The molecule has 12 heteroatoms. The van der Waals surface area contributed by atoms with Crippen LogP contribution in [0.25, 0.3) is 11.1 Å². The van der Waals surface area contributed by atoms with Crippen LogP contribution >= 0.6 is 0 Å². The van der Waals surface area contributed by atoms with Crippen LogP contribution in [0.4, 0.5) is 21.5 Å². The van der Waals surface area contributed by atoms with Gasteiger partial charge in [-0.1, -0.05) is 0 Å². The summed E-state index contributed by atoms with van der Waals surface area (Å²) in [6.07, 6.45) is 0.0716. The first-order valence-electron chi connectivity index (χ1n) is 8.28. The van der Waals surface area contributed by atoms with Gasteiger partial charge in [0.2, 0.25) is 5.91 Å². The summed E-state index contributed by atoms with van der Waals surface area (Å²) in [5, 5.41) is 23.8. The summed E-state index contributed by atoms with van der Waals surface area (Å²) in [5.74, 6) is -2.14. The van der Waals surface area contributed by atoms with Crippen molar-refractivity contribution in [3.05, 3.63) is 73.0 Å². The molecule has 0 aliphatic carbocycles. The normalized spacial score (nSPS) is 10.8. The zero-order chi connectivity index (χ0) is 21.1. The number of nitro groups is 2. The number of halogens is 1. The van der Waals surface area contributed by atoms with Crippen LogP contribution in [0.2, 0.25) is 0 Å². The van der Waals surface area contributed by atoms with E-state index in [1.54, 1.807) is 0 Å². The Kier molecular flexibility index (Phi) is 5.34. The van der Waals surface area contributed by atoms with Crippen LogP contribution in [0.1, 0.15) is 12.8 Å². The summed E-state index contributed by atoms with van der Waals surface area (Å²) in [4.78, 5) is 44.2. The van der Waals surface area contributed by atoms with Crippen molar-refractivity contribution < 1.29 is 23.4 Å². The van der Waals surface area contributed by atoms with Crippen LogP contribution in [0, 0.1) is 26.0 Å². The number of nitro benzene ring substituents is 2. The smallest absolute Gasteiger partial charge is 0.407 e. The Morgan fingerprint density at radius 3 is 2.45 bits per heavy atom. The number of hydrogen-bond donors (Lipinski definition) is 1. The second kappa shape index (κ2) is 7.88. The molecule has 0 atom stereocenters. The molecule has 0 fully saturated rings. The van der Waals surface area contributed by atoms with Gasteiger partial charge in [-0.3, -0.25) is 29.6 Å². The van der Waals surface area contributed by atoms with E-state index in [4.69, 9.17) is 4.42 Å². The number of benzene rings is 2. The largest absolute Gasteiger partial charge is 0.419 e. The first-order valence-corrected chi connectivity index (χ1v) is 8.28. The van der Waals surface area contributed by atoms with Gasteiger partial charge < -0.3 is 9.73 Å². The lowest BCUT2D eigenvalue weighted by atomic mass is 10.2. The highest BCUT2D eigenvalue weighted by Gasteiger charge is 2.16. The van der Waals surface area contributed by atoms with Gasteiger partial charge in [0.1, 0.15) is 5.82 Å². The van der Waals surface area contributed by atoms with Gasteiger partial charge in [0.25, 0.3) is 11.4 Å². The van der Waals surface area contributed by atoms with Crippen molar-refractivity contribution in [2.75, 3.05) is 5.32 Å². The summed E-state index contributed by atoms with van der Waals surface area (Å²) in [6, 6.07) is 6.50. The zero-order valence-electron chi connectivity index (χ0n) is 14.7. The summed E-state index contributed by atoms with van der Waals surface area (Å²) in [7, 11) is 0. The van der Waals surface area contributed by atoms with Gasteiger partial charge >= 0.3 is 5.76 Å². The molecule has 11 nitrogen and oxygen atoms in total. The van der Waals surface area contributed by atoms with Crippen LogP contribution in [-0.2, 0) is 11.3 Å². The van der Waals surface area contributed by atoms with Gasteiger partial charge in [-0.15, -0.1) is 0 Å². The standard InChI is InChI=1S/C17H13FN4O7/c18-12-5-3-10(21(25)26)8-13(12)19-16(23)2-1-7-20-14-6-4-11(22(27)28)9-15(14)29-17(20)24/h3-6,8-9H,1-2,7H2,(H,19,23). The molecule has 0 aliphatic rings. The molecule has 1 N–H and O–H groups in total.